The second kappa shape index (κ2) is 8.40. The molecule has 1 spiro atoms. The van der Waals surface area contributed by atoms with Crippen molar-refractivity contribution in [2.24, 2.45) is 5.41 Å². The molecule has 0 aliphatic heterocycles. The number of nitrogens with one attached hydrogen (secondary N) is 2. The van der Waals surface area contributed by atoms with Crippen molar-refractivity contribution < 1.29 is 0 Å². The Kier molecular flexibility index (Phi) is 5.44. The normalized spacial score (nSPS) is 24.3. The van der Waals surface area contributed by atoms with Gasteiger partial charge in [0.05, 0.1) is 17.1 Å². The van der Waals surface area contributed by atoms with E-state index in [9.17, 15) is 0 Å². The van der Waals surface area contributed by atoms with E-state index in [4.69, 9.17) is 15.2 Å². The van der Waals surface area contributed by atoms with E-state index in [1.54, 1.807) is 0 Å². The van der Waals surface area contributed by atoms with Crippen LogP contribution in [0.1, 0.15) is 43.2 Å². The zero-order chi connectivity index (χ0) is 22.1. The lowest BCUT2D eigenvalue weighted by atomic mass is 9.83. The van der Waals surface area contributed by atoms with Gasteiger partial charge in [-0.2, -0.15) is 10.2 Å². The third-order valence-corrected chi connectivity index (χ3v) is 7.12. The van der Waals surface area contributed by atoms with Crippen LogP contribution in [-0.2, 0) is 6.54 Å². The van der Waals surface area contributed by atoms with Crippen LogP contribution in [0.4, 0.5) is 11.8 Å². The third-order valence-electron chi connectivity index (χ3n) is 7.12. The predicted molar refractivity (Wildman–Crippen MR) is 129 cm³/mol. The van der Waals surface area contributed by atoms with Crippen LogP contribution < -0.4 is 15.5 Å². The topological polar surface area (TPSA) is 76.9 Å². The lowest BCUT2D eigenvalue weighted by Crippen LogP contribution is -2.31. The molecule has 2 N–H and O–H groups in total. The Balaban J connectivity index is 1.18. The number of rotatable bonds is 6. The van der Waals surface area contributed by atoms with Crippen molar-refractivity contribution in [1.82, 2.24) is 15.3 Å². The highest BCUT2D eigenvalue weighted by atomic mass is 15.2. The van der Waals surface area contributed by atoms with Crippen LogP contribution in [-0.4, -0.2) is 36.1 Å². The Morgan fingerprint density at radius 1 is 1.09 bits per heavy atom. The van der Waals surface area contributed by atoms with Crippen LogP contribution >= 0.6 is 0 Å². The first-order chi connectivity index (χ1) is 15.6. The standard InChI is InChI=1S/C26H30N6/c1-32(2)24-21-8-3-4-9-22(21)30-25(31-24)29-20-10-12-26(13-11-20)15-23(26)28-17-19-7-5-6-18(14-19)16-27/h3-9,14,20,23,28H,10-13,15,17H2,1-2H3,(H,29,30,31)/t20?,23-,26?/m1/s1. The van der Waals surface area contributed by atoms with Crippen LogP contribution in [0.15, 0.2) is 48.5 Å². The van der Waals surface area contributed by atoms with Gasteiger partial charge in [-0.25, -0.2) is 4.98 Å². The Labute approximate surface area is 189 Å². The number of anilines is 2. The van der Waals surface area contributed by atoms with Crippen LogP contribution in [0, 0.1) is 16.7 Å². The summed E-state index contributed by atoms with van der Waals surface area (Å²) in [5.41, 5.74) is 3.35. The molecule has 2 fully saturated rings. The summed E-state index contributed by atoms with van der Waals surface area (Å²) in [6.07, 6.45) is 6.02. The molecular weight excluding hydrogens is 396 g/mol. The summed E-state index contributed by atoms with van der Waals surface area (Å²) in [4.78, 5) is 11.6. The Morgan fingerprint density at radius 2 is 1.91 bits per heavy atom. The van der Waals surface area contributed by atoms with Crippen molar-refractivity contribution in [2.75, 3.05) is 24.3 Å². The number of hydrogen-bond donors (Lipinski definition) is 2. The van der Waals surface area contributed by atoms with Crippen molar-refractivity contribution in [2.45, 2.75) is 50.7 Å². The van der Waals surface area contributed by atoms with E-state index < -0.39 is 0 Å². The van der Waals surface area contributed by atoms with Gasteiger partial charge in [-0.1, -0.05) is 24.3 Å². The average Bonchev–Trinajstić information content (AvgIpc) is 3.50. The minimum absolute atomic E-state index is 0.422. The molecule has 6 heteroatoms. The number of hydrogen-bond acceptors (Lipinski definition) is 6. The number of aromatic nitrogens is 2. The van der Waals surface area contributed by atoms with E-state index in [1.165, 1.54) is 24.8 Å². The zero-order valence-corrected chi connectivity index (χ0v) is 18.8. The number of nitrogens with zero attached hydrogens (tertiary/aromatic N) is 4. The maximum Gasteiger partial charge on any atom is 0.225 e. The highest BCUT2D eigenvalue weighted by molar-refractivity contribution is 5.90. The van der Waals surface area contributed by atoms with Crippen LogP contribution in [0.25, 0.3) is 10.9 Å². The lowest BCUT2D eigenvalue weighted by molar-refractivity contribution is 0.296. The molecule has 0 unspecified atom stereocenters. The molecule has 6 nitrogen and oxygen atoms in total. The number of benzene rings is 2. The van der Waals surface area contributed by atoms with E-state index >= 15 is 0 Å². The van der Waals surface area contributed by atoms with Crippen molar-refractivity contribution in [3.05, 3.63) is 59.7 Å². The fraction of sp³-hybridized carbons (Fsp3) is 0.423. The van der Waals surface area contributed by atoms with E-state index in [1.807, 2.05) is 44.4 Å². The quantitative estimate of drug-likeness (QED) is 0.606. The van der Waals surface area contributed by atoms with Gasteiger partial charge in [0, 0.05) is 38.1 Å². The Morgan fingerprint density at radius 3 is 2.69 bits per heavy atom. The van der Waals surface area contributed by atoms with E-state index in [0.29, 0.717) is 17.5 Å². The van der Waals surface area contributed by atoms with Gasteiger partial charge in [-0.05, 0) is 67.3 Å². The van der Waals surface area contributed by atoms with E-state index in [-0.39, 0.29) is 0 Å². The number of nitriles is 1. The minimum Gasteiger partial charge on any atom is -0.362 e. The third kappa shape index (κ3) is 4.13. The first kappa shape index (κ1) is 20.7. The summed E-state index contributed by atoms with van der Waals surface area (Å²) < 4.78 is 0. The van der Waals surface area contributed by atoms with Crippen molar-refractivity contribution >= 4 is 22.7 Å². The fourth-order valence-corrected chi connectivity index (χ4v) is 5.17. The summed E-state index contributed by atoms with van der Waals surface area (Å²) in [6, 6.07) is 19.3. The molecule has 0 saturated heterocycles. The van der Waals surface area contributed by atoms with Crippen molar-refractivity contribution in [3.63, 3.8) is 0 Å². The van der Waals surface area contributed by atoms with Gasteiger partial charge in [0.25, 0.3) is 0 Å². The first-order valence-corrected chi connectivity index (χ1v) is 11.5. The van der Waals surface area contributed by atoms with Gasteiger partial charge in [0.15, 0.2) is 0 Å². The summed E-state index contributed by atoms with van der Waals surface area (Å²) >= 11 is 0. The average molecular weight is 427 g/mol. The SMILES string of the molecule is CN(C)c1nc(NC2CCC3(CC2)C[C@H]3NCc2cccc(C#N)c2)nc2ccccc12. The molecule has 1 heterocycles. The summed E-state index contributed by atoms with van der Waals surface area (Å²) in [6.45, 7) is 0.835. The summed E-state index contributed by atoms with van der Waals surface area (Å²) in [5.74, 6) is 1.69. The minimum atomic E-state index is 0.422. The Hall–Kier alpha value is -3.17. The van der Waals surface area contributed by atoms with E-state index in [0.717, 1.165) is 47.6 Å². The molecule has 3 aromatic rings. The molecule has 5 rings (SSSR count). The number of para-hydroxylation sites is 1. The predicted octanol–water partition coefficient (Wildman–Crippen LogP) is 4.47. The molecular formula is C26H30N6. The highest BCUT2D eigenvalue weighted by Crippen LogP contribution is 2.56. The van der Waals surface area contributed by atoms with Gasteiger partial charge >= 0.3 is 0 Å². The summed E-state index contributed by atoms with van der Waals surface area (Å²) in [7, 11) is 4.06. The van der Waals surface area contributed by atoms with Gasteiger partial charge in [0.1, 0.15) is 5.82 Å². The number of fused-ring (bicyclic) bond motifs is 1. The van der Waals surface area contributed by atoms with Gasteiger partial charge < -0.3 is 15.5 Å². The summed E-state index contributed by atoms with van der Waals surface area (Å²) in [5, 5.41) is 17.5. The second-order valence-corrected chi connectivity index (χ2v) is 9.51. The monoisotopic (exact) mass is 426 g/mol. The lowest BCUT2D eigenvalue weighted by Gasteiger charge is -2.30. The fourth-order valence-electron chi connectivity index (χ4n) is 5.17. The second-order valence-electron chi connectivity index (χ2n) is 9.51. The molecule has 0 bridgehead atoms. The molecule has 1 aromatic heterocycles. The molecule has 2 aliphatic rings. The maximum atomic E-state index is 9.09. The van der Waals surface area contributed by atoms with Crippen molar-refractivity contribution in [3.8, 4) is 6.07 Å². The molecule has 2 aromatic carbocycles. The Bertz CT molecular complexity index is 1160. The van der Waals surface area contributed by atoms with Crippen LogP contribution in [0.3, 0.4) is 0 Å². The van der Waals surface area contributed by atoms with Gasteiger partial charge in [-0.15, -0.1) is 0 Å². The molecule has 2 aliphatic carbocycles. The van der Waals surface area contributed by atoms with Crippen LogP contribution in [0.2, 0.25) is 0 Å². The van der Waals surface area contributed by atoms with E-state index in [2.05, 4.69) is 39.8 Å². The van der Waals surface area contributed by atoms with Gasteiger partial charge in [-0.3, -0.25) is 0 Å². The smallest absolute Gasteiger partial charge is 0.225 e. The first-order valence-electron chi connectivity index (χ1n) is 11.5. The molecule has 2 saturated carbocycles. The van der Waals surface area contributed by atoms with Crippen molar-refractivity contribution in [1.29, 1.82) is 5.26 Å². The van der Waals surface area contributed by atoms with Gasteiger partial charge in [0.2, 0.25) is 5.95 Å². The maximum absolute atomic E-state index is 9.09. The molecule has 1 atom stereocenters. The molecule has 0 amide bonds. The largest absolute Gasteiger partial charge is 0.362 e. The highest BCUT2D eigenvalue weighted by Gasteiger charge is 2.54. The molecule has 32 heavy (non-hydrogen) atoms. The zero-order valence-electron chi connectivity index (χ0n) is 18.8. The molecule has 164 valence electrons. The van der Waals surface area contributed by atoms with Crippen LogP contribution in [0.5, 0.6) is 0 Å². The molecule has 0 radical (unpaired) electrons.